The van der Waals surface area contributed by atoms with E-state index in [0.717, 1.165) is 43.2 Å². The van der Waals surface area contributed by atoms with Crippen LogP contribution in [0.15, 0.2) is 36.5 Å². The lowest BCUT2D eigenvalue weighted by Gasteiger charge is -2.30. The Morgan fingerprint density at radius 2 is 1.72 bits per heavy atom. The van der Waals surface area contributed by atoms with E-state index in [0.29, 0.717) is 48.5 Å². The van der Waals surface area contributed by atoms with Gasteiger partial charge < -0.3 is 23.8 Å². The molecular weight excluding hydrogens is 558 g/mol. The summed E-state index contributed by atoms with van der Waals surface area (Å²) >= 11 is 0. The van der Waals surface area contributed by atoms with Crippen molar-refractivity contribution in [2.24, 2.45) is 0 Å². The van der Waals surface area contributed by atoms with E-state index in [4.69, 9.17) is 24.0 Å². The molecule has 1 amide bonds. The quantitative estimate of drug-likeness (QED) is 0.277. The van der Waals surface area contributed by atoms with Crippen molar-refractivity contribution in [3.63, 3.8) is 0 Å². The molecule has 9 nitrogen and oxygen atoms in total. The van der Waals surface area contributed by atoms with Crippen LogP contribution in [0.4, 0.5) is 8.78 Å². The molecule has 7 rings (SSSR count). The standard InChI is InChI=1S/C32H32F2N4O5/c1-40-25-15-26(41-2)30(34)28(29(25)33)23-14-24-22(16-35-23)31(36-38(24)27-5-3-4-10-43-27)18-6-7-21-19(13-18)17-37(32(21)39)20-8-11-42-12-9-20/h6-7,13-16,20,27H,3-5,8-12,17H2,1-2H3. The Hall–Kier alpha value is -4.09. The van der Waals surface area contributed by atoms with Gasteiger partial charge in [-0.1, -0.05) is 6.07 Å². The van der Waals surface area contributed by atoms with Crippen LogP contribution in [0.2, 0.25) is 0 Å². The first-order valence-corrected chi connectivity index (χ1v) is 14.6. The van der Waals surface area contributed by atoms with E-state index < -0.39 is 11.6 Å². The maximum absolute atomic E-state index is 15.4. The fraction of sp³-hybridized carbons (Fsp3) is 0.406. The van der Waals surface area contributed by atoms with Gasteiger partial charge in [-0.3, -0.25) is 9.78 Å². The average Bonchev–Trinajstić information content (AvgIpc) is 3.59. The lowest BCUT2D eigenvalue weighted by molar-refractivity contribution is -0.0365. The molecule has 4 aromatic rings. The van der Waals surface area contributed by atoms with Crippen molar-refractivity contribution in [3.05, 3.63) is 59.3 Å². The molecule has 3 aliphatic heterocycles. The number of carbonyl (C=O) groups excluding carboxylic acids is 1. The second kappa shape index (κ2) is 11.2. The number of pyridine rings is 1. The molecule has 0 radical (unpaired) electrons. The molecule has 0 bridgehead atoms. The van der Waals surface area contributed by atoms with Gasteiger partial charge in [-0.2, -0.15) is 5.10 Å². The second-order valence-electron chi connectivity index (χ2n) is 11.1. The van der Waals surface area contributed by atoms with Crippen molar-refractivity contribution in [3.8, 4) is 34.0 Å². The highest BCUT2D eigenvalue weighted by Crippen LogP contribution is 2.40. The van der Waals surface area contributed by atoms with E-state index in [1.165, 1.54) is 20.3 Å². The van der Waals surface area contributed by atoms with Crippen LogP contribution in [0, 0.1) is 11.6 Å². The third-order valence-corrected chi connectivity index (χ3v) is 8.69. The number of nitrogens with zero attached hydrogens (tertiary/aromatic N) is 4. The van der Waals surface area contributed by atoms with Crippen molar-refractivity contribution in [2.75, 3.05) is 34.0 Å². The summed E-state index contributed by atoms with van der Waals surface area (Å²) < 4.78 is 54.5. The van der Waals surface area contributed by atoms with Gasteiger partial charge in [0.2, 0.25) is 0 Å². The van der Waals surface area contributed by atoms with Gasteiger partial charge in [0.1, 0.15) is 5.69 Å². The highest BCUT2D eigenvalue weighted by atomic mass is 19.1. The number of aromatic nitrogens is 3. The molecule has 2 aromatic carbocycles. The highest BCUT2D eigenvalue weighted by molar-refractivity contribution is 6.00. The number of methoxy groups -OCH3 is 2. The summed E-state index contributed by atoms with van der Waals surface area (Å²) in [5.74, 6) is -2.00. The summed E-state index contributed by atoms with van der Waals surface area (Å²) in [5.41, 5.74) is 3.50. The summed E-state index contributed by atoms with van der Waals surface area (Å²) in [6.45, 7) is 2.45. The zero-order valence-electron chi connectivity index (χ0n) is 24.1. The summed E-state index contributed by atoms with van der Waals surface area (Å²) in [7, 11) is 2.62. The van der Waals surface area contributed by atoms with Crippen molar-refractivity contribution < 1.29 is 32.5 Å². The number of hydrogen-bond donors (Lipinski definition) is 0. The fourth-order valence-corrected chi connectivity index (χ4v) is 6.41. The molecule has 3 aliphatic rings. The largest absolute Gasteiger partial charge is 0.494 e. The molecule has 0 saturated carbocycles. The molecule has 2 aromatic heterocycles. The predicted molar refractivity (Wildman–Crippen MR) is 154 cm³/mol. The number of rotatable bonds is 6. The van der Waals surface area contributed by atoms with Gasteiger partial charge in [0.15, 0.2) is 29.4 Å². The lowest BCUT2D eigenvalue weighted by Crippen LogP contribution is -2.39. The Bertz CT molecular complexity index is 1680. The molecule has 1 unspecified atom stereocenters. The molecule has 1 atom stereocenters. The lowest BCUT2D eigenvalue weighted by atomic mass is 10.0. The summed E-state index contributed by atoms with van der Waals surface area (Å²) in [6.07, 6.45) is 5.59. The van der Waals surface area contributed by atoms with Gasteiger partial charge in [-0.05, 0) is 55.9 Å². The van der Waals surface area contributed by atoms with Gasteiger partial charge in [-0.15, -0.1) is 0 Å². The Labute approximate surface area is 247 Å². The van der Waals surface area contributed by atoms with Crippen LogP contribution in [0.25, 0.3) is 33.4 Å². The van der Waals surface area contributed by atoms with Gasteiger partial charge in [0, 0.05) is 61.2 Å². The SMILES string of the molecule is COc1cc(OC)c(F)c(-c2cc3c(cn2)c(-c2ccc4c(c2)CN(C2CCOCC2)C4=O)nn3C2CCCCO2)c1F. The van der Waals surface area contributed by atoms with E-state index in [1.807, 2.05) is 23.1 Å². The Balaban J connectivity index is 1.33. The first-order chi connectivity index (χ1) is 21.0. The van der Waals surface area contributed by atoms with Crippen LogP contribution in [0.3, 0.4) is 0 Å². The van der Waals surface area contributed by atoms with Crippen molar-refractivity contribution >= 4 is 16.8 Å². The number of hydrogen-bond acceptors (Lipinski definition) is 7. The minimum Gasteiger partial charge on any atom is -0.494 e. The minimum atomic E-state index is -0.870. The van der Waals surface area contributed by atoms with Gasteiger partial charge in [-0.25, -0.2) is 13.5 Å². The van der Waals surface area contributed by atoms with Crippen molar-refractivity contribution in [1.82, 2.24) is 19.7 Å². The van der Waals surface area contributed by atoms with Gasteiger partial charge in [0.25, 0.3) is 5.91 Å². The molecule has 224 valence electrons. The molecule has 0 spiro atoms. The number of fused-ring (bicyclic) bond motifs is 2. The number of halogens is 2. The Morgan fingerprint density at radius 1 is 0.953 bits per heavy atom. The third-order valence-electron chi connectivity index (χ3n) is 8.69. The summed E-state index contributed by atoms with van der Waals surface area (Å²) in [6, 6.07) is 8.75. The molecular formula is C32H32F2N4O5. The van der Waals surface area contributed by atoms with Crippen LogP contribution in [-0.4, -0.2) is 65.7 Å². The maximum Gasteiger partial charge on any atom is 0.254 e. The van der Waals surface area contributed by atoms with E-state index >= 15 is 8.78 Å². The second-order valence-corrected chi connectivity index (χ2v) is 11.1. The first kappa shape index (κ1) is 27.7. The van der Waals surface area contributed by atoms with Crippen molar-refractivity contribution in [2.45, 2.75) is 50.9 Å². The maximum atomic E-state index is 15.4. The predicted octanol–water partition coefficient (Wildman–Crippen LogP) is 5.89. The Morgan fingerprint density at radius 3 is 2.42 bits per heavy atom. The smallest absolute Gasteiger partial charge is 0.254 e. The monoisotopic (exact) mass is 590 g/mol. The minimum absolute atomic E-state index is 0.0449. The van der Waals surface area contributed by atoms with Crippen LogP contribution >= 0.6 is 0 Å². The fourth-order valence-electron chi connectivity index (χ4n) is 6.41. The Kier molecular flexibility index (Phi) is 7.22. The van der Waals surface area contributed by atoms with Crippen LogP contribution in [0.5, 0.6) is 11.5 Å². The highest BCUT2D eigenvalue weighted by Gasteiger charge is 2.34. The van der Waals surface area contributed by atoms with E-state index in [1.54, 1.807) is 16.9 Å². The normalized spacial score (nSPS) is 19.2. The topological polar surface area (TPSA) is 87.9 Å². The van der Waals surface area contributed by atoms with Crippen molar-refractivity contribution in [1.29, 1.82) is 0 Å². The van der Waals surface area contributed by atoms with Crippen LogP contribution in [-0.2, 0) is 16.0 Å². The third kappa shape index (κ3) is 4.71. The molecule has 2 fully saturated rings. The van der Waals surface area contributed by atoms with Gasteiger partial charge >= 0.3 is 0 Å². The zero-order valence-corrected chi connectivity index (χ0v) is 24.1. The molecule has 0 N–H and O–H groups in total. The van der Waals surface area contributed by atoms with E-state index in [9.17, 15) is 4.79 Å². The first-order valence-electron chi connectivity index (χ1n) is 14.6. The number of benzene rings is 2. The summed E-state index contributed by atoms with van der Waals surface area (Å²) in [5, 5.41) is 5.69. The van der Waals surface area contributed by atoms with E-state index in [2.05, 4.69) is 4.98 Å². The molecule has 5 heterocycles. The molecule has 2 saturated heterocycles. The van der Waals surface area contributed by atoms with Crippen LogP contribution in [0.1, 0.15) is 54.3 Å². The van der Waals surface area contributed by atoms with Gasteiger partial charge in [0.05, 0.1) is 31.0 Å². The molecule has 0 aliphatic carbocycles. The number of amides is 1. The number of ether oxygens (including phenoxy) is 4. The molecule has 11 heteroatoms. The summed E-state index contributed by atoms with van der Waals surface area (Å²) in [4.78, 5) is 19.7. The molecule has 43 heavy (non-hydrogen) atoms. The number of carbonyl (C=O) groups is 1. The zero-order chi connectivity index (χ0) is 29.7. The van der Waals surface area contributed by atoms with E-state index in [-0.39, 0.29) is 40.9 Å². The average molecular weight is 591 g/mol. The van der Waals surface area contributed by atoms with Crippen LogP contribution < -0.4 is 9.47 Å².